The lowest BCUT2D eigenvalue weighted by atomic mass is 9.84. The van der Waals surface area contributed by atoms with E-state index in [-0.39, 0.29) is 23.9 Å². The van der Waals surface area contributed by atoms with Gasteiger partial charge in [0.05, 0.1) is 0 Å². The highest BCUT2D eigenvalue weighted by Crippen LogP contribution is 2.27. The summed E-state index contributed by atoms with van der Waals surface area (Å²) in [4.78, 5) is 22.6. The summed E-state index contributed by atoms with van der Waals surface area (Å²) < 4.78 is 25.9. The molecule has 0 aliphatic heterocycles. The summed E-state index contributed by atoms with van der Waals surface area (Å²) in [6.07, 6.45) is 3.05. The smallest absolute Gasteiger partial charge is 0.303 e. The lowest BCUT2D eigenvalue weighted by molar-refractivity contribution is -0.138. The molecule has 0 radical (unpaired) electrons. The van der Waals surface area contributed by atoms with Crippen molar-refractivity contribution in [1.82, 2.24) is 5.32 Å². The van der Waals surface area contributed by atoms with Gasteiger partial charge in [0.15, 0.2) is 11.6 Å². The van der Waals surface area contributed by atoms with E-state index in [2.05, 4.69) is 5.32 Å². The molecule has 1 amide bonds. The van der Waals surface area contributed by atoms with Crippen LogP contribution in [0.3, 0.4) is 0 Å². The Labute approximate surface area is 121 Å². The van der Waals surface area contributed by atoms with Crippen LogP contribution in [-0.4, -0.2) is 23.0 Å². The van der Waals surface area contributed by atoms with Crippen LogP contribution >= 0.6 is 0 Å². The summed E-state index contributed by atoms with van der Waals surface area (Å²) >= 11 is 0. The number of carboxylic acids is 1. The quantitative estimate of drug-likeness (QED) is 0.898. The first kappa shape index (κ1) is 15.4. The van der Waals surface area contributed by atoms with Crippen molar-refractivity contribution in [2.24, 2.45) is 5.92 Å². The highest BCUT2D eigenvalue weighted by Gasteiger charge is 2.24. The van der Waals surface area contributed by atoms with Gasteiger partial charge in [0.25, 0.3) is 5.91 Å². The molecule has 0 saturated heterocycles. The van der Waals surface area contributed by atoms with E-state index in [1.807, 2.05) is 0 Å². The highest BCUT2D eigenvalue weighted by atomic mass is 19.2. The van der Waals surface area contributed by atoms with Gasteiger partial charge in [0, 0.05) is 18.0 Å². The number of benzene rings is 1. The molecule has 1 saturated carbocycles. The van der Waals surface area contributed by atoms with E-state index in [0.29, 0.717) is 12.8 Å². The third kappa shape index (κ3) is 4.24. The van der Waals surface area contributed by atoms with Crippen LogP contribution in [0.25, 0.3) is 0 Å². The molecule has 2 N–H and O–H groups in total. The van der Waals surface area contributed by atoms with Gasteiger partial charge in [0.2, 0.25) is 0 Å². The molecule has 0 bridgehead atoms. The molecule has 1 fully saturated rings. The van der Waals surface area contributed by atoms with Crippen molar-refractivity contribution in [3.8, 4) is 0 Å². The van der Waals surface area contributed by atoms with Crippen LogP contribution in [0.15, 0.2) is 18.2 Å². The fourth-order valence-corrected chi connectivity index (χ4v) is 2.66. The van der Waals surface area contributed by atoms with E-state index < -0.39 is 23.5 Å². The minimum Gasteiger partial charge on any atom is -0.481 e. The van der Waals surface area contributed by atoms with Crippen LogP contribution < -0.4 is 5.32 Å². The van der Waals surface area contributed by atoms with Gasteiger partial charge in [-0.15, -0.1) is 0 Å². The van der Waals surface area contributed by atoms with Gasteiger partial charge in [-0.05, 0) is 49.8 Å². The normalized spacial score (nSPS) is 21.8. The minimum absolute atomic E-state index is 0.0457. The molecule has 0 spiro atoms. The van der Waals surface area contributed by atoms with E-state index in [9.17, 15) is 18.4 Å². The zero-order chi connectivity index (χ0) is 15.4. The Hall–Kier alpha value is -1.98. The first-order valence-electron chi connectivity index (χ1n) is 6.93. The number of hydrogen-bond acceptors (Lipinski definition) is 2. The van der Waals surface area contributed by atoms with Crippen LogP contribution in [0.1, 0.15) is 42.5 Å². The molecule has 1 aromatic carbocycles. The van der Waals surface area contributed by atoms with Crippen LogP contribution in [0, 0.1) is 17.6 Å². The average Bonchev–Trinajstić information content (AvgIpc) is 2.43. The molecule has 6 heteroatoms. The molecule has 0 atom stereocenters. The van der Waals surface area contributed by atoms with Gasteiger partial charge < -0.3 is 10.4 Å². The predicted molar refractivity (Wildman–Crippen MR) is 71.8 cm³/mol. The monoisotopic (exact) mass is 297 g/mol. The number of aliphatic carboxylic acids is 1. The van der Waals surface area contributed by atoms with Crippen molar-refractivity contribution < 1.29 is 23.5 Å². The number of halogens is 2. The Morgan fingerprint density at radius 2 is 1.81 bits per heavy atom. The van der Waals surface area contributed by atoms with Gasteiger partial charge in [-0.1, -0.05) is 0 Å². The van der Waals surface area contributed by atoms with Gasteiger partial charge in [0.1, 0.15) is 0 Å². The summed E-state index contributed by atoms with van der Waals surface area (Å²) in [5, 5.41) is 11.5. The number of hydrogen-bond donors (Lipinski definition) is 2. The molecule has 114 valence electrons. The van der Waals surface area contributed by atoms with Crippen molar-refractivity contribution in [2.45, 2.75) is 38.1 Å². The Kier molecular flexibility index (Phi) is 4.88. The lowest BCUT2D eigenvalue weighted by Crippen LogP contribution is -2.37. The highest BCUT2D eigenvalue weighted by molar-refractivity contribution is 5.94. The van der Waals surface area contributed by atoms with E-state index >= 15 is 0 Å². The van der Waals surface area contributed by atoms with Crippen LogP contribution in [0.5, 0.6) is 0 Å². The maximum atomic E-state index is 13.1. The summed E-state index contributed by atoms with van der Waals surface area (Å²) in [6, 6.07) is 2.99. The number of carboxylic acid groups (broad SMARTS) is 1. The van der Waals surface area contributed by atoms with Crippen molar-refractivity contribution in [2.75, 3.05) is 0 Å². The fourth-order valence-electron chi connectivity index (χ4n) is 2.66. The minimum atomic E-state index is -1.05. The van der Waals surface area contributed by atoms with E-state index in [1.165, 1.54) is 6.07 Å². The standard InChI is InChI=1S/C15H17F2NO3/c16-12-6-3-10(8-13(12)17)15(21)18-11-4-1-9(2-5-11)7-14(19)20/h3,6,8-9,11H,1-2,4-5,7H2,(H,18,21)(H,19,20). The van der Waals surface area contributed by atoms with Crippen molar-refractivity contribution in [1.29, 1.82) is 0 Å². The second-order valence-corrected chi connectivity index (χ2v) is 5.42. The Balaban J connectivity index is 1.86. The van der Waals surface area contributed by atoms with Crippen LogP contribution in [0.2, 0.25) is 0 Å². The first-order chi connectivity index (χ1) is 9.95. The van der Waals surface area contributed by atoms with Crippen molar-refractivity contribution >= 4 is 11.9 Å². The third-order valence-electron chi connectivity index (χ3n) is 3.83. The van der Waals surface area contributed by atoms with Crippen LogP contribution in [-0.2, 0) is 4.79 Å². The Bertz CT molecular complexity index is 540. The number of carbonyl (C=O) groups excluding carboxylic acids is 1. The topological polar surface area (TPSA) is 66.4 Å². The van der Waals surface area contributed by atoms with Crippen molar-refractivity contribution in [3.63, 3.8) is 0 Å². The number of nitrogens with one attached hydrogen (secondary N) is 1. The van der Waals surface area contributed by atoms with E-state index in [4.69, 9.17) is 5.11 Å². The molecule has 21 heavy (non-hydrogen) atoms. The molecule has 4 nitrogen and oxygen atoms in total. The zero-order valence-corrected chi connectivity index (χ0v) is 11.4. The average molecular weight is 297 g/mol. The molecule has 0 aromatic heterocycles. The maximum absolute atomic E-state index is 13.1. The summed E-state index contributed by atoms with van der Waals surface area (Å²) in [7, 11) is 0. The molecule has 1 aromatic rings. The van der Waals surface area contributed by atoms with Gasteiger partial charge in [-0.3, -0.25) is 9.59 Å². The third-order valence-corrected chi connectivity index (χ3v) is 3.83. The molecular weight excluding hydrogens is 280 g/mol. The second kappa shape index (κ2) is 6.65. The largest absolute Gasteiger partial charge is 0.481 e. The molecule has 0 unspecified atom stereocenters. The predicted octanol–water partition coefficient (Wildman–Crippen LogP) is 2.73. The second-order valence-electron chi connectivity index (χ2n) is 5.42. The summed E-state index contributed by atoms with van der Waals surface area (Å²) in [6.45, 7) is 0. The van der Waals surface area contributed by atoms with Gasteiger partial charge >= 0.3 is 5.97 Å². The zero-order valence-electron chi connectivity index (χ0n) is 11.4. The Morgan fingerprint density at radius 1 is 1.14 bits per heavy atom. The molecule has 1 aliphatic carbocycles. The van der Waals surface area contributed by atoms with Gasteiger partial charge in [-0.25, -0.2) is 8.78 Å². The Morgan fingerprint density at radius 3 is 2.38 bits per heavy atom. The van der Waals surface area contributed by atoms with Crippen LogP contribution in [0.4, 0.5) is 8.78 Å². The lowest BCUT2D eigenvalue weighted by Gasteiger charge is -2.28. The summed E-state index contributed by atoms with van der Waals surface area (Å²) in [5.74, 6) is -3.12. The van der Waals surface area contributed by atoms with E-state index in [1.54, 1.807) is 0 Å². The molecule has 2 rings (SSSR count). The van der Waals surface area contributed by atoms with Crippen molar-refractivity contribution in [3.05, 3.63) is 35.4 Å². The maximum Gasteiger partial charge on any atom is 0.303 e. The number of carbonyl (C=O) groups is 2. The van der Waals surface area contributed by atoms with Gasteiger partial charge in [-0.2, -0.15) is 0 Å². The number of amides is 1. The summed E-state index contributed by atoms with van der Waals surface area (Å²) in [5.41, 5.74) is 0.0848. The van der Waals surface area contributed by atoms with E-state index in [0.717, 1.165) is 25.0 Å². The SMILES string of the molecule is O=C(O)CC1CCC(NC(=O)c2ccc(F)c(F)c2)CC1. The molecule has 0 heterocycles. The molecular formula is C15H17F2NO3. The first-order valence-corrected chi connectivity index (χ1v) is 6.93. The fraction of sp³-hybridized carbons (Fsp3) is 0.467. The molecule has 1 aliphatic rings. The number of rotatable bonds is 4.